The molecule has 0 fully saturated rings. The highest BCUT2D eigenvalue weighted by Crippen LogP contribution is 2.08. The molecule has 0 aromatic heterocycles. The lowest BCUT2D eigenvalue weighted by atomic mass is 10.1. The molecule has 0 aromatic rings. The van der Waals surface area contributed by atoms with Gasteiger partial charge in [0.15, 0.2) is 0 Å². The van der Waals surface area contributed by atoms with E-state index < -0.39 is 17.7 Å². The van der Waals surface area contributed by atoms with Crippen molar-refractivity contribution < 1.29 is 14.3 Å². The van der Waals surface area contributed by atoms with Gasteiger partial charge in [0.05, 0.1) is 12.5 Å². The summed E-state index contributed by atoms with van der Waals surface area (Å²) in [7, 11) is 0.218. The summed E-state index contributed by atoms with van der Waals surface area (Å²) >= 11 is 0. The Morgan fingerprint density at radius 2 is 1.62 bits per heavy atom. The molecule has 124 valence electrons. The van der Waals surface area contributed by atoms with Gasteiger partial charge in [0, 0.05) is 12.0 Å². The zero-order valence-corrected chi connectivity index (χ0v) is 15.4. The Morgan fingerprint density at radius 3 is 2.00 bits per heavy atom. The molecule has 0 aliphatic carbocycles. The number of rotatable bonds is 5. The SMILES string of the molecule is C[S+](C)CCC(NC(=O)OC(C)(C)C)C(=O)NC(C)(C)C. The van der Waals surface area contributed by atoms with E-state index in [2.05, 4.69) is 23.1 Å². The van der Waals surface area contributed by atoms with Gasteiger partial charge in [0.2, 0.25) is 5.91 Å². The van der Waals surface area contributed by atoms with Crippen molar-refractivity contribution in [2.75, 3.05) is 18.3 Å². The standard InChI is InChI=1S/C15H30N2O3S/c1-14(2,3)17-12(18)11(9-10-21(7)8)16-13(19)20-15(4,5)6/h11H,9-10H2,1-8H3,(H-,16,17,18,19)/p+1. The minimum atomic E-state index is -0.574. The number of carbonyl (C=O) groups excluding carboxylic acids is 2. The summed E-state index contributed by atoms with van der Waals surface area (Å²) in [5.41, 5.74) is -0.903. The molecule has 2 N–H and O–H groups in total. The molecule has 1 atom stereocenters. The Bertz CT molecular complexity index is 357. The minimum Gasteiger partial charge on any atom is -0.444 e. The predicted molar refractivity (Wildman–Crippen MR) is 89.8 cm³/mol. The van der Waals surface area contributed by atoms with Crippen LogP contribution in [0, 0.1) is 0 Å². The molecule has 0 aliphatic heterocycles. The van der Waals surface area contributed by atoms with Crippen LogP contribution in [0.5, 0.6) is 0 Å². The number of ether oxygens (including phenoxy) is 1. The van der Waals surface area contributed by atoms with Gasteiger partial charge >= 0.3 is 6.09 Å². The highest BCUT2D eigenvalue weighted by molar-refractivity contribution is 7.95. The fourth-order valence-corrected chi connectivity index (χ4v) is 2.24. The highest BCUT2D eigenvalue weighted by atomic mass is 32.2. The van der Waals surface area contributed by atoms with Crippen molar-refractivity contribution in [3.05, 3.63) is 0 Å². The van der Waals surface area contributed by atoms with Crippen molar-refractivity contribution in [2.45, 2.75) is 65.1 Å². The topological polar surface area (TPSA) is 67.4 Å². The Balaban J connectivity index is 4.73. The second-order valence-corrected chi connectivity index (χ2v) is 9.80. The summed E-state index contributed by atoms with van der Waals surface area (Å²) in [6, 6.07) is -0.561. The van der Waals surface area contributed by atoms with E-state index in [1.165, 1.54) is 0 Å². The van der Waals surface area contributed by atoms with E-state index in [1.807, 2.05) is 20.8 Å². The molecule has 0 saturated heterocycles. The second kappa shape index (κ2) is 7.92. The first kappa shape index (κ1) is 20.1. The normalized spacial score (nSPS) is 13.8. The van der Waals surface area contributed by atoms with Gasteiger partial charge in [-0.15, -0.1) is 0 Å². The Labute approximate surface area is 131 Å². The molecule has 0 radical (unpaired) electrons. The van der Waals surface area contributed by atoms with Crippen LogP contribution in [0.3, 0.4) is 0 Å². The van der Waals surface area contributed by atoms with Crippen LogP contribution in [0.25, 0.3) is 0 Å². The molecule has 0 saturated carbocycles. The van der Waals surface area contributed by atoms with Gasteiger partial charge in [0.1, 0.15) is 17.4 Å². The third-order valence-corrected chi connectivity index (χ3v) is 3.37. The summed E-state index contributed by atoms with van der Waals surface area (Å²) in [5, 5.41) is 5.59. The van der Waals surface area contributed by atoms with Crippen LogP contribution in [0.4, 0.5) is 4.79 Å². The van der Waals surface area contributed by atoms with Crippen LogP contribution in [0.2, 0.25) is 0 Å². The van der Waals surface area contributed by atoms with Crippen molar-refractivity contribution in [1.82, 2.24) is 10.6 Å². The molecule has 2 amide bonds. The molecule has 0 spiro atoms. The average Bonchev–Trinajstić information content (AvgIpc) is 2.18. The van der Waals surface area contributed by atoms with Gasteiger partial charge in [-0.2, -0.15) is 0 Å². The van der Waals surface area contributed by atoms with Crippen molar-refractivity contribution in [3.8, 4) is 0 Å². The number of hydrogen-bond donors (Lipinski definition) is 2. The highest BCUT2D eigenvalue weighted by Gasteiger charge is 2.27. The summed E-state index contributed by atoms with van der Waals surface area (Å²) in [5.74, 6) is 0.719. The first-order valence-electron chi connectivity index (χ1n) is 7.16. The molecular weight excluding hydrogens is 288 g/mol. The predicted octanol–water partition coefficient (Wildman–Crippen LogP) is 2.06. The van der Waals surface area contributed by atoms with Gasteiger partial charge in [-0.3, -0.25) is 4.79 Å². The largest absolute Gasteiger partial charge is 0.444 e. The molecule has 0 heterocycles. The molecular formula is C15H31N2O3S+. The third kappa shape index (κ3) is 11.4. The van der Waals surface area contributed by atoms with E-state index in [1.54, 1.807) is 20.8 Å². The molecule has 5 nitrogen and oxygen atoms in total. The number of nitrogens with one attached hydrogen (secondary N) is 2. The van der Waals surface area contributed by atoms with Gasteiger partial charge in [0.25, 0.3) is 0 Å². The van der Waals surface area contributed by atoms with Gasteiger partial charge in [-0.1, -0.05) is 0 Å². The summed E-state index contributed by atoms with van der Waals surface area (Å²) < 4.78 is 5.23. The number of alkyl carbamates (subject to hydrolysis) is 1. The smallest absolute Gasteiger partial charge is 0.408 e. The lowest BCUT2D eigenvalue weighted by molar-refractivity contribution is -0.124. The van der Waals surface area contributed by atoms with Crippen molar-refractivity contribution >= 4 is 22.9 Å². The Hall–Kier alpha value is -0.910. The monoisotopic (exact) mass is 319 g/mol. The Kier molecular flexibility index (Phi) is 7.57. The van der Waals surface area contributed by atoms with Crippen LogP contribution in [0.1, 0.15) is 48.0 Å². The quantitative estimate of drug-likeness (QED) is 0.762. The van der Waals surface area contributed by atoms with Gasteiger partial charge in [-0.05, 0) is 52.4 Å². The first-order chi connectivity index (χ1) is 9.30. The zero-order chi connectivity index (χ0) is 16.8. The van der Waals surface area contributed by atoms with E-state index in [0.29, 0.717) is 6.42 Å². The van der Waals surface area contributed by atoms with E-state index in [-0.39, 0.29) is 22.3 Å². The van der Waals surface area contributed by atoms with Crippen LogP contribution in [0.15, 0.2) is 0 Å². The number of amides is 2. The fourth-order valence-electron chi connectivity index (χ4n) is 1.53. The maximum absolute atomic E-state index is 12.3. The van der Waals surface area contributed by atoms with Crippen LogP contribution in [-0.4, -0.2) is 47.4 Å². The number of hydrogen-bond acceptors (Lipinski definition) is 3. The molecule has 0 bridgehead atoms. The van der Waals surface area contributed by atoms with Crippen LogP contribution < -0.4 is 10.6 Å². The molecule has 0 aliphatic rings. The second-order valence-electron chi connectivity index (χ2n) is 7.42. The van der Waals surface area contributed by atoms with Crippen molar-refractivity contribution in [1.29, 1.82) is 0 Å². The fraction of sp³-hybridized carbons (Fsp3) is 0.867. The van der Waals surface area contributed by atoms with E-state index in [9.17, 15) is 9.59 Å². The lowest BCUT2D eigenvalue weighted by Crippen LogP contribution is -2.53. The maximum atomic E-state index is 12.3. The van der Waals surface area contributed by atoms with Crippen LogP contribution >= 0.6 is 0 Å². The maximum Gasteiger partial charge on any atom is 0.408 e. The molecule has 1 unspecified atom stereocenters. The summed E-state index contributed by atoms with van der Waals surface area (Å²) in [6.07, 6.45) is 4.29. The first-order valence-corrected chi connectivity index (χ1v) is 9.37. The van der Waals surface area contributed by atoms with Gasteiger partial charge in [-0.25, -0.2) is 4.79 Å². The lowest BCUT2D eigenvalue weighted by Gasteiger charge is -2.26. The third-order valence-electron chi connectivity index (χ3n) is 2.32. The van der Waals surface area contributed by atoms with E-state index >= 15 is 0 Å². The Morgan fingerprint density at radius 1 is 1.10 bits per heavy atom. The minimum absolute atomic E-state index is 0.168. The number of carbonyl (C=O) groups is 2. The van der Waals surface area contributed by atoms with Crippen molar-refractivity contribution in [2.24, 2.45) is 0 Å². The molecule has 0 aromatic carbocycles. The van der Waals surface area contributed by atoms with Gasteiger partial charge < -0.3 is 15.4 Å². The molecule has 21 heavy (non-hydrogen) atoms. The zero-order valence-electron chi connectivity index (χ0n) is 14.6. The van der Waals surface area contributed by atoms with E-state index in [0.717, 1.165) is 5.75 Å². The molecule has 0 rings (SSSR count). The summed E-state index contributed by atoms with van der Waals surface area (Å²) in [4.78, 5) is 24.2. The van der Waals surface area contributed by atoms with Crippen molar-refractivity contribution in [3.63, 3.8) is 0 Å². The average molecular weight is 319 g/mol. The van der Waals surface area contributed by atoms with Crippen LogP contribution in [-0.2, 0) is 20.4 Å². The summed E-state index contributed by atoms with van der Waals surface area (Å²) in [6.45, 7) is 11.1. The molecule has 6 heteroatoms. The van der Waals surface area contributed by atoms with E-state index in [4.69, 9.17) is 4.74 Å².